The van der Waals surface area contributed by atoms with Crippen molar-refractivity contribution in [3.8, 4) is 5.75 Å². The molecule has 1 fully saturated rings. The Bertz CT molecular complexity index is 881. The zero-order chi connectivity index (χ0) is 22.4. The molecule has 0 bridgehead atoms. The molecule has 0 aliphatic carbocycles. The van der Waals surface area contributed by atoms with Gasteiger partial charge in [-0.25, -0.2) is 14.8 Å². The SMILES string of the molecule is COc1cc(CCCCCN(C)[C@@H]2CCN(C(=O)OC(C)(C)C)C2)nc2ncccc12. The molecule has 170 valence electrons. The van der Waals surface area contributed by atoms with Crippen molar-refractivity contribution in [2.24, 2.45) is 0 Å². The third kappa shape index (κ3) is 6.53. The number of carbonyl (C=O) groups is 1. The number of fused-ring (bicyclic) bond motifs is 1. The minimum Gasteiger partial charge on any atom is -0.496 e. The van der Waals surface area contributed by atoms with Crippen LogP contribution in [0.2, 0.25) is 0 Å². The van der Waals surface area contributed by atoms with Crippen LogP contribution in [0.1, 0.15) is 52.1 Å². The van der Waals surface area contributed by atoms with Crippen LogP contribution >= 0.6 is 0 Å². The smallest absolute Gasteiger partial charge is 0.410 e. The second kappa shape index (κ2) is 10.3. The van der Waals surface area contributed by atoms with Crippen LogP contribution < -0.4 is 4.74 Å². The van der Waals surface area contributed by atoms with Gasteiger partial charge in [0, 0.05) is 37.1 Å². The molecule has 0 radical (unpaired) electrons. The average Bonchev–Trinajstić information content (AvgIpc) is 3.22. The molecule has 0 N–H and O–H groups in total. The summed E-state index contributed by atoms with van der Waals surface area (Å²) in [5, 5.41) is 0.951. The van der Waals surface area contributed by atoms with E-state index < -0.39 is 5.60 Å². The topological polar surface area (TPSA) is 67.8 Å². The monoisotopic (exact) mass is 428 g/mol. The number of aryl methyl sites for hydroxylation is 1. The van der Waals surface area contributed by atoms with E-state index in [0.717, 1.165) is 74.2 Å². The number of pyridine rings is 2. The van der Waals surface area contributed by atoms with Gasteiger partial charge in [-0.3, -0.25) is 0 Å². The molecule has 7 nitrogen and oxygen atoms in total. The number of rotatable bonds is 8. The molecule has 1 amide bonds. The van der Waals surface area contributed by atoms with Crippen LogP contribution in [0, 0.1) is 0 Å². The number of likely N-dealkylation sites (N-methyl/N-ethyl adjacent to an activating group) is 1. The summed E-state index contributed by atoms with van der Waals surface area (Å²) >= 11 is 0. The van der Waals surface area contributed by atoms with Crippen molar-refractivity contribution in [3.05, 3.63) is 30.1 Å². The molecule has 7 heteroatoms. The number of methoxy groups -OCH3 is 1. The predicted molar refractivity (Wildman–Crippen MR) is 122 cm³/mol. The fourth-order valence-electron chi connectivity index (χ4n) is 3.99. The zero-order valence-electron chi connectivity index (χ0n) is 19.6. The summed E-state index contributed by atoms with van der Waals surface area (Å²) in [4.78, 5) is 25.5. The molecule has 3 heterocycles. The number of nitrogens with zero attached hydrogens (tertiary/aromatic N) is 4. The maximum Gasteiger partial charge on any atom is 0.410 e. The van der Waals surface area contributed by atoms with Gasteiger partial charge in [0.15, 0.2) is 5.65 Å². The lowest BCUT2D eigenvalue weighted by molar-refractivity contribution is 0.0282. The highest BCUT2D eigenvalue weighted by Gasteiger charge is 2.31. The number of hydrogen-bond donors (Lipinski definition) is 0. The first-order chi connectivity index (χ1) is 14.8. The fourth-order valence-corrected chi connectivity index (χ4v) is 3.99. The molecule has 1 atom stereocenters. The third-order valence-electron chi connectivity index (χ3n) is 5.70. The highest BCUT2D eigenvalue weighted by Crippen LogP contribution is 2.24. The van der Waals surface area contributed by atoms with Crippen LogP contribution in [0.15, 0.2) is 24.4 Å². The van der Waals surface area contributed by atoms with Crippen molar-refractivity contribution in [2.75, 3.05) is 33.8 Å². The van der Waals surface area contributed by atoms with Gasteiger partial charge in [-0.15, -0.1) is 0 Å². The lowest BCUT2D eigenvalue weighted by Gasteiger charge is -2.26. The third-order valence-corrected chi connectivity index (χ3v) is 5.70. The van der Waals surface area contributed by atoms with Crippen molar-refractivity contribution in [3.63, 3.8) is 0 Å². The summed E-state index contributed by atoms with van der Waals surface area (Å²) in [6, 6.07) is 6.32. The first-order valence-corrected chi connectivity index (χ1v) is 11.2. The number of amides is 1. The summed E-state index contributed by atoms with van der Waals surface area (Å²) in [5.41, 5.74) is 1.33. The Morgan fingerprint density at radius 2 is 2.10 bits per heavy atom. The van der Waals surface area contributed by atoms with E-state index in [0.29, 0.717) is 6.04 Å². The number of aromatic nitrogens is 2. The molecule has 1 aliphatic heterocycles. The molecule has 1 saturated heterocycles. The molecule has 0 aromatic carbocycles. The largest absolute Gasteiger partial charge is 0.496 e. The van der Waals surface area contributed by atoms with Gasteiger partial charge in [0.05, 0.1) is 12.5 Å². The molecule has 2 aromatic rings. The Morgan fingerprint density at radius 3 is 2.84 bits per heavy atom. The van der Waals surface area contributed by atoms with Crippen molar-refractivity contribution >= 4 is 17.1 Å². The maximum absolute atomic E-state index is 12.3. The minimum absolute atomic E-state index is 0.198. The highest BCUT2D eigenvalue weighted by molar-refractivity contribution is 5.81. The second-order valence-corrected chi connectivity index (χ2v) is 9.35. The Labute approximate surface area is 185 Å². The number of unbranched alkanes of at least 4 members (excludes halogenated alkanes) is 2. The molecule has 0 saturated carbocycles. The number of ether oxygens (including phenoxy) is 2. The van der Waals surface area contributed by atoms with Crippen LogP contribution in [-0.4, -0.2) is 71.3 Å². The summed E-state index contributed by atoms with van der Waals surface area (Å²) in [7, 11) is 3.85. The van der Waals surface area contributed by atoms with E-state index >= 15 is 0 Å². The van der Waals surface area contributed by atoms with Gasteiger partial charge >= 0.3 is 6.09 Å². The van der Waals surface area contributed by atoms with E-state index in [4.69, 9.17) is 9.47 Å². The number of carbonyl (C=O) groups excluding carboxylic acids is 1. The summed E-state index contributed by atoms with van der Waals surface area (Å²) in [6.07, 6.45) is 6.83. The van der Waals surface area contributed by atoms with Crippen molar-refractivity contribution < 1.29 is 14.3 Å². The van der Waals surface area contributed by atoms with E-state index in [1.54, 1.807) is 13.3 Å². The first kappa shape index (κ1) is 23.3. The van der Waals surface area contributed by atoms with Crippen molar-refractivity contribution in [1.82, 2.24) is 19.8 Å². The van der Waals surface area contributed by atoms with Crippen LogP contribution in [0.25, 0.3) is 11.0 Å². The van der Waals surface area contributed by atoms with E-state index in [-0.39, 0.29) is 6.09 Å². The molecule has 0 spiro atoms. The molecule has 0 unspecified atom stereocenters. The fraction of sp³-hybridized carbons (Fsp3) is 0.625. The second-order valence-electron chi connectivity index (χ2n) is 9.35. The summed E-state index contributed by atoms with van der Waals surface area (Å²) in [6.45, 7) is 8.27. The van der Waals surface area contributed by atoms with E-state index in [1.807, 2.05) is 43.9 Å². The molecular weight excluding hydrogens is 392 g/mol. The van der Waals surface area contributed by atoms with Crippen LogP contribution in [0.5, 0.6) is 5.75 Å². The summed E-state index contributed by atoms with van der Waals surface area (Å²) < 4.78 is 11.0. The highest BCUT2D eigenvalue weighted by atomic mass is 16.6. The molecule has 1 aliphatic rings. The van der Waals surface area contributed by atoms with Crippen molar-refractivity contribution in [1.29, 1.82) is 0 Å². The van der Waals surface area contributed by atoms with Gasteiger partial charge in [0.1, 0.15) is 11.4 Å². The maximum atomic E-state index is 12.3. The van der Waals surface area contributed by atoms with Gasteiger partial charge < -0.3 is 19.3 Å². The quantitative estimate of drug-likeness (QED) is 0.584. The number of likely N-dealkylation sites (tertiary alicyclic amines) is 1. The number of hydrogen-bond acceptors (Lipinski definition) is 6. The summed E-state index contributed by atoms with van der Waals surface area (Å²) in [5.74, 6) is 0.837. The zero-order valence-corrected chi connectivity index (χ0v) is 19.6. The van der Waals surface area contributed by atoms with Crippen LogP contribution in [0.4, 0.5) is 4.79 Å². The van der Waals surface area contributed by atoms with Gasteiger partial charge in [-0.05, 0) is 72.2 Å². The van der Waals surface area contributed by atoms with E-state index in [9.17, 15) is 4.79 Å². The van der Waals surface area contributed by atoms with Crippen LogP contribution in [0.3, 0.4) is 0 Å². The van der Waals surface area contributed by atoms with Crippen LogP contribution in [-0.2, 0) is 11.2 Å². The van der Waals surface area contributed by atoms with Crippen molar-refractivity contribution in [2.45, 2.75) is 64.5 Å². The standard InChI is InChI=1S/C24H36N4O3/c1-24(2,3)31-23(29)28-15-12-19(17-28)27(4)14-8-6-7-10-18-16-21(30-5)20-11-9-13-25-22(20)26-18/h9,11,13,16,19H,6-8,10,12,14-15,17H2,1-5H3/t19-/m1/s1. The molecule has 2 aromatic heterocycles. The van der Waals surface area contributed by atoms with E-state index in [2.05, 4.69) is 21.9 Å². The Balaban J connectivity index is 1.39. The lowest BCUT2D eigenvalue weighted by atomic mass is 10.1. The van der Waals surface area contributed by atoms with Gasteiger partial charge in [0.2, 0.25) is 0 Å². The molecule has 3 rings (SSSR count). The average molecular weight is 429 g/mol. The Kier molecular flexibility index (Phi) is 7.70. The first-order valence-electron chi connectivity index (χ1n) is 11.2. The minimum atomic E-state index is -0.443. The Hall–Kier alpha value is -2.41. The molecule has 31 heavy (non-hydrogen) atoms. The lowest BCUT2D eigenvalue weighted by Crippen LogP contribution is -2.39. The molecular formula is C24H36N4O3. The van der Waals surface area contributed by atoms with Gasteiger partial charge in [-0.1, -0.05) is 6.42 Å². The van der Waals surface area contributed by atoms with E-state index in [1.165, 1.54) is 0 Å². The van der Waals surface area contributed by atoms with Gasteiger partial charge in [0.25, 0.3) is 0 Å². The van der Waals surface area contributed by atoms with Gasteiger partial charge in [-0.2, -0.15) is 0 Å². The normalized spacial score (nSPS) is 16.8. The Morgan fingerprint density at radius 1 is 1.29 bits per heavy atom. The predicted octanol–water partition coefficient (Wildman–Crippen LogP) is 4.29.